The molecule has 122 valence electrons. The number of amides is 1. The van der Waals surface area contributed by atoms with Gasteiger partial charge in [0.1, 0.15) is 29.3 Å². The largest absolute Gasteiger partial charge is 0.493 e. The summed E-state index contributed by atoms with van der Waals surface area (Å²) in [5.41, 5.74) is 2.70. The molecule has 24 heavy (non-hydrogen) atoms. The van der Waals surface area contributed by atoms with Crippen LogP contribution in [0.4, 0.5) is 10.1 Å². The molecule has 0 aromatic heterocycles. The standard InChI is InChI=1S/C19H16FNO3/c1-10-3-4-13(20)16-17(10)21(2)18(22)19(16)9-24-15-8-14-11(5-6-23-14)7-12(15)19/h3-4,7-8H,5-6,9H2,1-2H3. The van der Waals surface area contributed by atoms with Gasteiger partial charge in [0.15, 0.2) is 0 Å². The van der Waals surface area contributed by atoms with E-state index in [0.717, 1.165) is 28.9 Å². The molecule has 1 atom stereocenters. The number of anilines is 1. The summed E-state index contributed by atoms with van der Waals surface area (Å²) in [6.45, 7) is 2.65. The van der Waals surface area contributed by atoms with E-state index in [1.807, 2.05) is 19.1 Å². The van der Waals surface area contributed by atoms with Crippen LogP contribution >= 0.6 is 0 Å². The van der Waals surface area contributed by atoms with E-state index >= 15 is 0 Å². The van der Waals surface area contributed by atoms with Gasteiger partial charge in [-0.25, -0.2) is 4.39 Å². The Labute approximate surface area is 138 Å². The zero-order valence-electron chi connectivity index (χ0n) is 13.5. The number of halogens is 1. The molecule has 2 aromatic carbocycles. The van der Waals surface area contributed by atoms with Crippen LogP contribution in [0.2, 0.25) is 0 Å². The third-order valence-corrected chi connectivity index (χ3v) is 5.46. The summed E-state index contributed by atoms with van der Waals surface area (Å²) < 4.78 is 26.2. The third kappa shape index (κ3) is 1.41. The second kappa shape index (κ2) is 4.29. The molecule has 0 saturated carbocycles. The summed E-state index contributed by atoms with van der Waals surface area (Å²) in [5.74, 6) is 0.922. The highest BCUT2D eigenvalue weighted by Gasteiger charge is 2.58. The number of nitrogens with zero attached hydrogens (tertiary/aromatic N) is 1. The molecule has 0 bridgehead atoms. The fourth-order valence-electron chi connectivity index (χ4n) is 4.31. The molecule has 0 aliphatic carbocycles. The lowest BCUT2D eigenvalue weighted by Crippen LogP contribution is -2.41. The number of ether oxygens (including phenoxy) is 2. The molecule has 1 unspecified atom stereocenters. The first-order chi connectivity index (χ1) is 11.5. The topological polar surface area (TPSA) is 38.8 Å². The van der Waals surface area contributed by atoms with Gasteiger partial charge in [-0.15, -0.1) is 0 Å². The summed E-state index contributed by atoms with van der Waals surface area (Å²) in [6, 6.07) is 6.96. The summed E-state index contributed by atoms with van der Waals surface area (Å²) in [6.07, 6.45) is 0.797. The summed E-state index contributed by atoms with van der Waals surface area (Å²) in [4.78, 5) is 14.8. The van der Waals surface area contributed by atoms with Gasteiger partial charge in [-0.2, -0.15) is 0 Å². The van der Waals surface area contributed by atoms with Crippen molar-refractivity contribution in [2.75, 3.05) is 25.2 Å². The van der Waals surface area contributed by atoms with Crippen molar-refractivity contribution in [3.05, 3.63) is 52.3 Å². The molecule has 5 heteroatoms. The number of likely N-dealkylation sites (N-methyl/N-ethyl adjacent to an activating group) is 1. The Morgan fingerprint density at radius 2 is 2.04 bits per heavy atom. The van der Waals surface area contributed by atoms with Crippen LogP contribution in [0.5, 0.6) is 11.5 Å². The van der Waals surface area contributed by atoms with E-state index in [9.17, 15) is 9.18 Å². The fraction of sp³-hybridized carbons (Fsp3) is 0.316. The molecule has 0 saturated heterocycles. The Bertz CT molecular complexity index is 923. The van der Waals surface area contributed by atoms with E-state index in [-0.39, 0.29) is 18.3 Å². The molecule has 0 fully saturated rings. The van der Waals surface area contributed by atoms with E-state index in [2.05, 4.69) is 0 Å². The second-order valence-electron chi connectivity index (χ2n) is 6.70. The zero-order valence-corrected chi connectivity index (χ0v) is 13.5. The van der Waals surface area contributed by atoms with E-state index < -0.39 is 5.41 Å². The average molecular weight is 325 g/mol. The number of fused-ring (bicyclic) bond motifs is 5. The van der Waals surface area contributed by atoms with Crippen LogP contribution in [0.15, 0.2) is 24.3 Å². The molecular formula is C19H16FNO3. The first-order valence-corrected chi connectivity index (χ1v) is 8.05. The fourth-order valence-corrected chi connectivity index (χ4v) is 4.31. The van der Waals surface area contributed by atoms with Crippen molar-refractivity contribution in [2.24, 2.45) is 0 Å². The highest BCUT2D eigenvalue weighted by atomic mass is 19.1. The van der Waals surface area contributed by atoms with E-state index in [1.54, 1.807) is 18.0 Å². The number of carbonyl (C=O) groups is 1. The van der Waals surface area contributed by atoms with Gasteiger partial charge in [0.25, 0.3) is 0 Å². The zero-order chi connectivity index (χ0) is 16.6. The maximum atomic E-state index is 14.8. The SMILES string of the molecule is Cc1ccc(F)c2c1N(C)C(=O)C21COc2cc3c(cc21)CCO3. The van der Waals surface area contributed by atoms with Crippen LogP contribution in [-0.4, -0.2) is 26.2 Å². The van der Waals surface area contributed by atoms with Crippen molar-refractivity contribution in [2.45, 2.75) is 18.8 Å². The van der Waals surface area contributed by atoms with E-state index in [1.165, 1.54) is 6.07 Å². The Balaban J connectivity index is 1.84. The van der Waals surface area contributed by atoms with Crippen molar-refractivity contribution < 1.29 is 18.7 Å². The van der Waals surface area contributed by atoms with Crippen molar-refractivity contribution in [1.82, 2.24) is 0 Å². The van der Waals surface area contributed by atoms with Gasteiger partial charge in [-0.3, -0.25) is 4.79 Å². The van der Waals surface area contributed by atoms with Gasteiger partial charge < -0.3 is 14.4 Å². The lowest BCUT2D eigenvalue weighted by molar-refractivity contribution is -0.121. The molecule has 5 rings (SSSR count). The maximum Gasteiger partial charge on any atom is 0.245 e. The minimum absolute atomic E-state index is 0.127. The third-order valence-electron chi connectivity index (χ3n) is 5.46. The molecule has 3 aliphatic heterocycles. The van der Waals surface area contributed by atoms with Crippen LogP contribution in [-0.2, 0) is 16.6 Å². The van der Waals surface area contributed by atoms with E-state index in [4.69, 9.17) is 9.47 Å². The molecule has 4 nitrogen and oxygen atoms in total. The maximum absolute atomic E-state index is 14.8. The van der Waals surface area contributed by atoms with Crippen molar-refractivity contribution in [3.63, 3.8) is 0 Å². The normalized spacial score (nSPS) is 23.1. The molecule has 3 heterocycles. The molecule has 2 aromatic rings. The van der Waals surface area contributed by atoms with Crippen LogP contribution in [0.3, 0.4) is 0 Å². The molecule has 3 aliphatic rings. The predicted octanol–water partition coefficient (Wildman–Crippen LogP) is 2.72. The summed E-state index contributed by atoms with van der Waals surface area (Å²) >= 11 is 0. The predicted molar refractivity (Wildman–Crippen MR) is 86.5 cm³/mol. The molecule has 1 spiro atoms. The molecule has 1 amide bonds. The van der Waals surface area contributed by atoms with E-state index in [0.29, 0.717) is 23.6 Å². The van der Waals surface area contributed by atoms with Gasteiger partial charge in [0, 0.05) is 30.7 Å². The van der Waals surface area contributed by atoms with Gasteiger partial charge in [0.05, 0.1) is 12.3 Å². The first-order valence-electron chi connectivity index (χ1n) is 8.05. The summed E-state index contributed by atoms with van der Waals surface area (Å²) in [5, 5.41) is 0. The van der Waals surface area contributed by atoms with Gasteiger partial charge in [-0.1, -0.05) is 6.07 Å². The number of aryl methyl sites for hydroxylation is 1. The van der Waals surface area contributed by atoms with Crippen molar-refractivity contribution in [3.8, 4) is 11.5 Å². The lowest BCUT2D eigenvalue weighted by atomic mass is 9.76. The first kappa shape index (κ1) is 13.8. The lowest BCUT2D eigenvalue weighted by Gasteiger charge is -2.22. The Hall–Kier alpha value is -2.56. The molecule has 0 radical (unpaired) electrons. The molecular weight excluding hydrogens is 309 g/mol. The highest BCUT2D eigenvalue weighted by Crippen LogP contribution is 2.55. The number of rotatable bonds is 0. The monoisotopic (exact) mass is 325 g/mol. The van der Waals surface area contributed by atoms with Crippen LogP contribution in [0, 0.1) is 12.7 Å². The van der Waals surface area contributed by atoms with Gasteiger partial charge in [-0.05, 0) is 30.2 Å². The Kier molecular flexibility index (Phi) is 2.47. The van der Waals surface area contributed by atoms with Crippen LogP contribution in [0.25, 0.3) is 0 Å². The molecule has 0 N–H and O–H groups in total. The van der Waals surface area contributed by atoms with Gasteiger partial charge >= 0.3 is 0 Å². The van der Waals surface area contributed by atoms with Gasteiger partial charge in [0.2, 0.25) is 5.91 Å². The Morgan fingerprint density at radius 3 is 2.88 bits per heavy atom. The average Bonchev–Trinajstić information content (AvgIpc) is 3.23. The minimum atomic E-state index is -1.09. The van der Waals surface area contributed by atoms with Crippen molar-refractivity contribution in [1.29, 1.82) is 0 Å². The smallest absolute Gasteiger partial charge is 0.245 e. The minimum Gasteiger partial charge on any atom is -0.493 e. The quantitative estimate of drug-likeness (QED) is 0.747. The second-order valence-corrected chi connectivity index (χ2v) is 6.70. The Morgan fingerprint density at radius 1 is 1.21 bits per heavy atom. The number of carbonyl (C=O) groups excluding carboxylic acids is 1. The number of hydrogen-bond acceptors (Lipinski definition) is 3. The van der Waals surface area contributed by atoms with Crippen molar-refractivity contribution >= 4 is 11.6 Å². The van der Waals surface area contributed by atoms with Crippen LogP contribution < -0.4 is 14.4 Å². The highest BCUT2D eigenvalue weighted by molar-refractivity contribution is 6.12. The number of benzene rings is 2. The van der Waals surface area contributed by atoms with Crippen LogP contribution in [0.1, 0.15) is 22.3 Å². The number of hydrogen-bond donors (Lipinski definition) is 0. The summed E-state index contributed by atoms with van der Waals surface area (Å²) in [7, 11) is 1.71.